The second-order valence-electron chi connectivity index (χ2n) is 9.70. The highest BCUT2D eigenvalue weighted by molar-refractivity contribution is 8.77. The van der Waals surface area contributed by atoms with E-state index in [1.807, 2.05) is 45.9 Å². The fraction of sp³-hybridized carbons (Fsp3) is 0.731. The summed E-state index contributed by atoms with van der Waals surface area (Å²) in [5, 5.41) is 7.20. The molecule has 33 heavy (non-hydrogen) atoms. The number of hydrogen-bond acceptors (Lipinski definition) is 6. The molecule has 1 aromatic rings. The summed E-state index contributed by atoms with van der Waals surface area (Å²) in [6.07, 6.45) is 9.85. The number of nitrogens with two attached hydrogens (primary N) is 1. The molecular weight excluding hydrogens is 450 g/mol. The summed E-state index contributed by atoms with van der Waals surface area (Å²) in [5.74, 6) is 3.08. The maximum atomic E-state index is 11.5. The minimum atomic E-state index is 0.212. The maximum absolute atomic E-state index is 11.5. The van der Waals surface area contributed by atoms with Gasteiger partial charge in [0.05, 0.1) is 6.10 Å². The molecule has 1 aliphatic heterocycles. The van der Waals surface area contributed by atoms with Crippen molar-refractivity contribution < 1.29 is 9.53 Å². The largest absolute Gasteiger partial charge is 0.399 e. The zero-order chi connectivity index (χ0) is 23.9. The van der Waals surface area contributed by atoms with Gasteiger partial charge in [-0.25, -0.2) is 0 Å². The van der Waals surface area contributed by atoms with E-state index in [1.165, 1.54) is 44.3 Å². The normalized spacial score (nSPS) is 18.5. The first-order valence-corrected chi connectivity index (χ1v) is 15.1. The SMILES string of the molecule is CC(C)COC(C)CNc1cccc(N)c1.O=C(CCCCC1CCSS1)NCCC1CC1. The molecule has 1 heterocycles. The Morgan fingerprint density at radius 2 is 2.00 bits per heavy atom. The van der Waals surface area contributed by atoms with Crippen molar-refractivity contribution in [3.05, 3.63) is 24.3 Å². The summed E-state index contributed by atoms with van der Waals surface area (Å²) in [6.45, 7) is 8.88. The number of nitrogen functional groups attached to an aromatic ring is 1. The second kappa shape index (κ2) is 16.6. The lowest BCUT2D eigenvalue weighted by Crippen LogP contribution is -2.24. The number of ether oxygens (including phenoxy) is 1. The smallest absolute Gasteiger partial charge is 0.219 e. The minimum Gasteiger partial charge on any atom is -0.399 e. The van der Waals surface area contributed by atoms with E-state index in [0.29, 0.717) is 5.92 Å². The molecule has 0 bridgehead atoms. The first-order valence-electron chi connectivity index (χ1n) is 12.7. The lowest BCUT2D eigenvalue weighted by molar-refractivity contribution is -0.121. The van der Waals surface area contributed by atoms with Crippen LogP contribution in [0.2, 0.25) is 0 Å². The van der Waals surface area contributed by atoms with Gasteiger partial charge in [0.2, 0.25) is 5.91 Å². The van der Waals surface area contributed by atoms with Crippen molar-refractivity contribution in [2.24, 2.45) is 11.8 Å². The zero-order valence-corrected chi connectivity index (χ0v) is 22.4. The van der Waals surface area contributed by atoms with Gasteiger partial charge >= 0.3 is 0 Å². The first-order chi connectivity index (χ1) is 15.9. The van der Waals surface area contributed by atoms with Crippen LogP contribution in [0.25, 0.3) is 0 Å². The van der Waals surface area contributed by atoms with Crippen LogP contribution in [0.5, 0.6) is 0 Å². The molecule has 4 N–H and O–H groups in total. The van der Waals surface area contributed by atoms with Crippen LogP contribution in [0, 0.1) is 11.8 Å². The van der Waals surface area contributed by atoms with Gasteiger partial charge < -0.3 is 21.1 Å². The third kappa shape index (κ3) is 14.7. The van der Waals surface area contributed by atoms with Crippen LogP contribution in [0.15, 0.2) is 24.3 Å². The molecule has 2 atom stereocenters. The van der Waals surface area contributed by atoms with Crippen LogP contribution in [0.4, 0.5) is 11.4 Å². The van der Waals surface area contributed by atoms with E-state index >= 15 is 0 Å². The molecule has 1 saturated carbocycles. The van der Waals surface area contributed by atoms with E-state index < -0.39 is 0 Å². The molecule has 1 amide bonds. The predicted octanol–water partition coefficient (Wildman–Crippen LogP) is 6.36. The Morgan fingerprint density at radius 1 is 1.18 bits per heavy atom. The lowest BCUT2D eigenvalue weighted by Gasteiger charge is -2.16. The fourth-order valence-corrected chi connectivity index (χ4v) is 6.49. The van der Waals surface area contributed by atoms with Crippen LogP contribution >= 0.6 is 21.6 Å². The van der Waals surface area contributed by atoms with Crippen molar-refractivity contribution in [1.82, 2.24) is 5.32 Å². The first kappa shape index (κ1) is 28.2. The molecule has 2 fully saturated rings. The quantitative estimate of drug-likeness (QED) is 0.158. The molecule has 1 aliphatic carbocycles. The predicted molar refractivity (Wildman–Crippen MR) is 147 cm³/mol. The third-order valence-electron chi connectivity index (χ3n) is 5.67. The number of unbranched alkanes of at least 4 members (excludes halogenated alkanes) is 1. The van der Waals surface area contributed by atoms with Crippen molar-refractivity contribution in [3.8, 4) is 0 Å². The van der Waals surface area contributed by atoms with E-state index in [1.54, 1.807) is 0 Å². The van der Waals surface area contributed by atoms with E-state index in [9.17, 15) is 4.79 Å². The molecular formula is C26H45N3O2S2. The Hall–Kier alpha value is -1.05. The summed E-state index contributed by atoms with van der Waals surface area (Å²) in [6, 6.07) is 7.75. The monoisotopic (exact) mass is 495 g/mol. The Kier molecular flexibility index (Phi) is 14.1. The van der Waals surface area contributed by atoms with Gasteiger partial charge in [0.15, 0.2) is 0 Å². The van der Waals surface area contributed by atoms with Gasteiger partial charge in [-0.3, -0.25) is 4.79 Å². The van der Waals surface area contributed by atoms with Crippen molar-refractivity contribution in [2.45, 2.75) is 83.5 Å². The van der Waals surface area contributed by atoms with Crippen LogP contribution in [0.3, 0.4) is 0 Å². The molecule has 1 saturated heterocycles. The third-order valence-corrected chi connectivity index (χ3v) is 8.68. The number of amides is 1. The highest BCUT2D eigenvalue weighted by Crippen LogP contribution is 2.39. The number of carbonyl (C=O) groups excluding carboxylic acids is 1. The van der Waals surface area contributed by atoms with E-state index in [-0.39, 0.29) is 12.0 Å². The van der Waals surface area contributed by atoms with Gasteiger partial charge in [0.25, 0.3) is 0 Å². The Morgan fingerprint density at radius 3 is 2.67 bits per heavy atom. The topological polar surface area (TPSA) is 76.4 Å². The van der Waals surface area contributed by atoms with Gasteiger partial charge in [-0.05, 0) is 62.6 Å². The highest BCUT2D eigenvalue weighted by atomic mass is 33.1. The average molecular weight is 496 g/mol. The standard InChI is InChI=1S/C13H22N2O.C13H23NOS2/c1-10(2)9-16-11(3)8-15-13-6-4-5-12(14)7-13;15-13(14-9-7-11-5-6-11)4-2-1-3-12-8-10-16-17-12/h4-7,10-11,15H,8-9,14H2,1-3H3;11-12H,1-10H2,(H,14,15). The molecule has 2 aliphatic rings. The number of nitrogens with one attached hydrogen (secondary N) is 2. The molecule has 188 valence electrons. The van der Waals surface area contributed by atoms with Gasteiger partial charge in [0, 0.05) is 48.5 Å². The molecule has 1 aromatic carbocycles. The number of hydrogen-bond donors (Lipinski definition) is 3. The van der Waals surface area contributed by atoms with E-state index in [4.69, 9.17) is 10.5 Å². The lowest BCUT2D eigenvalue weighted by atomic mass is 10.1. The average Bonchev–Trinajstić information content (AvgIpc) is 3.46. The zero-order valence-electron chi connectivity index (χ0n) is 20.8. The molecule has 3 rings (SSSR count). The van der Waals surface area contributed by atoms with Crippen molar-refractivity contribution in [2.75, 3.05) is 36.5 Å². The minimum absolute atomic E-state index is 0.212. The molecule has 2 unspecified atom stereocenters. The number of anilines is 2. The molecule has 5 nitrogen and oxygen atoms in total. The second-order valence-corrected chi connectivity index (χ2v) is 12.5. The molecule has 0 spiro atoms. The van der Waals surface area contributed by atoms with Crippen LogP contribution in [0.1, 0.15) is 72.1 Å². The van der Waals surface area contributed by atoms with Crippen LogP contribution in [-0.2, 0) is 9.53 Å². The van der Waals surface area contributed by atoms with Crippen molar-refractivity contribution in [1.29, 1.82) is 0 Å². The van der Waals surface area contributed by atoms with Gasteiger partial charge in [0.1, 0.15) is 0 Å². The summed E-state index contributed by atoms with van der Waals surface area (Å²) in [7, 11) is 4.04. The molecule has 0 aromatic heterocycles. The van der Waals surface area contributed by atoms with Crippen LogP contribution < -0.4 is 16.4 Å². The van der Waals surface area contributed by atoms with E-state index in [0.717, 1.165) is 55.1 Å². The van der Waals surface area contributed by atoms with E-state index in [2.05, 4.69) is 31.4 Å². The van der Waals surface area contributed by atoms with Crippen molar-refractivity contribution >= 4 is 38.9 Å². The number of rotatable bonds is 14. The maximum Gasteiger partial charge on any atom is 0.219 e. The van der Waals surface area contributed by atoms with Gasteiger partial charge in [-0.1, -0.05) is 60.8 Å². The number of benzene rings is 1. The summed E-state index contributed by atoms with van der Waals surface area (Å²) in [4.78, 5) is 11.5. The molecule has 7 heteroatoms. The van der Waals surface area contributed by atoms with Crippen LogP contribution in [-0.4, -0.2) is 42.7 Å². The Labute approximate surface area is 209 Å². The van der Waals surface area contributed by atoms with Crippen molar-refractivity contribution in [3.63, 3.8) is 0 Å². The Bertz CT molecular complexity index is 665. The Balaban J connectivity index is 0.000000234. The fourth-order valence-electron chi connectivity index (χ4n) is 3.46. The molecule has 0 radical (unpaired) electrons. The summed E-state index contributed by atoms with van der Waals surface area (Å²) in [5.41, 5.74) is 7.51. The highest BCUT2D eigenvalue weighted by Gasteiger charge is 2.20. The summed E-state index contributed by atoms with van der Waals surface area (Å²) < 4.78 is 5.66. The number of carbonyl (C=O) groups is 1. The van der Waals surface area contributed by atoms with Gasteiger partial charge in [-0.15, -0.1) is 0 Å². The summed E-state index contributed by atoms with van der Waals surface area (Å²) >= 11 is 0. The van der Waals surface area contributed by atoms with Gasteiger partial charge in [-0.2, -0.15) is 0 Å².